The summed E-state index contributed by atoms with van der Waals surface area (Å²) in [5, 5.41) is 0. The fraction of sp³-hybridized carbons (Fsp3) is 0.647. The Labute approximate surface area is 116 Å². The maximum atomic E-state index is 5.74. The number of ether oxygens (including phenoxy) is 2. The van der Waals surface area contributed by atoms with Gasteiger partial charge in [0.2, 0.25) is 0 Å². The lowest BCUT2D eigenvalue weighted by Gasteiger charge is -2.28. The molecule has 0 N–H and O–H groups in total. The molecule has 0 bridgehead atoms. The first-order valence-corrected chi connectivity index (χ1v) is 7.66. The smallest absolute Gasteiger partial charge is 0.183 e. The van der Waals surface area contributed by atoms with Crippen LogP contribution in [0.4, 0.5) is 0 Å². The van der Waals surface area contributed by atoms with Crippen molar-refractivity contribution in [3.05, 3.63) is 35.4 Å². The van der Waals surface area contributed by atoms with Gasteiger partial charge in [-0.2, -0.15) is 0 Å². The van der Waals surface area contributed by atoms with Crippen LogP contribution in [0.1, 0.15) is 62.4 Å². The molecule has 0 radical (unpaired) electrons. The Morgan fingerprint density at radius 2 is 1.42 bits per heavy atom. The van der Waals surface area contributed by atoms with Gasteiger partial charge in [-0.3, -0.25) is 0 Å². The van der Waals surface area contributed by atoms with Gasteiger partial charge in [-0.25, -0.2) is 0 Å². The third-order valence-electron chi connectivity index (χ3n) is 4.35. The van der Waals surface area contributed by atoms with E-state index in [9.17, 15) is 0 Å². The average molecular weight is 260 g/mol. The van der Waals surface area contributed by atoms with E-state index in [1.807, 2.05) is 0 Å². The van der Waals surface area contributed by atoms with E-state index in [4.69, 9.17) is 9.47 Å². The van der Waals surface area contributed by atoms with E-state index in [2.05, 4.69) is 31.2 Å². The quantitative estimate of drug-likeness (QED) is 0.784. The van der Waals surface area contributed by atoms with Gasteiger partial charge in [-0.05, 0) is 24.3 Å². The topological polar surface area (TPSA) is 18.5 Å². The van der Waals surface area contributed by atoms with Crippen molar-refractivity contribution in [1.29, 1.82) is 0 Å². The molecule has 19 heavy (non-hydrogen) atoms. The van der Waals surface area contributed by atoms with Crippen LogP contribution >= 0.6 is 0 Å². The van der Waals surface area contributed by atoms with Crippen molar-refractivity contribution in [2.45, 2.75) is 51.2 Å². The van der Waals surface area contributed by atoms with Gasteiger partial charge in [-0.1, -0.05) is 50.5 Å². The van der Waals surface area contributed by atoms with Crippen LogP contribution in [0, 0.1) is 5.92 Å². The van der Waals surface area contributed by atoms with Gasteiger partial charge in [0.15, 0.2) is 6.29 Å². The van der Waals surface area contributed by atoms with Crippen LogP contribution in [0.2, 0.25) is 0 Å². The summed E-state index contributed by atoms with van der Waals surface area (Å²) in [7, 11) is 0. The van der Waals surface area contributed by atoms with E-state index >= 15 is 0 Å². The van der Waals surface area contributed by atoms with E-state index in [0.717, 1.165) is 24.7 Å². The highest BCUT2D eigenvalue weighted by Crippen LogP contribution is 2.33. The molecule has 0 unspecified atom stereocenters. The summed E-state index contributed by atoms with van der Waals surface area (Å²) in [5.74, 6) is 1.29. The highest BCUT2D eigenvalue weighted by Gasteiger charge is 2.21. The molecule has 1 aromatic carbocycles. The minimum absolute atomic E-state index is 0.156. The van der Waals surface area contributed by atoms with Crippen molar-refractivity contribution < 1.29 is 9.47 Å². The normalized spacial score (nSPS) is 29.3. The summed E-state index contributed by atoms with van der Waals surface area (Å²) in [5.41, 5.74) is 2.65. The van der Waals surface area contributed by atoms with Crippen molar-refractivity contribution in [1.82, 2.24) is 0 Å². The Hall–Kier alpha value is -0.860. The summed E-state index contributed by atoms with van der Waals surface area (Å²) < 4.78 is 11.5. The minimum atomic E-state index is -0.156. The molecule has 1 aromatic rings. The highest BCUT2D eigenvalue weighted by molar-refractivity contribution is 5.26. The zero-order valence-electron chi connectivity index (χ0n) is 11.8. The third-order valence-corrected chi connectivity index (χ3v) is 4.35. The molecule has 2 fully saturated rings. The van der Waals surface area contributed by atoms with Gasteiger partial charge < -0.3 is 9.47 Å². The molecule has 1 heterocycles. The Morgan fingerprint density at radius 1 is 0.842 bits per heavy atom. The monoisotopic (exact) mass is 260 g/mol. The predicted molar refractivity (Wildman–Crippen MR) is 76.1 cm³/mol. The molecular weight excluding hydrogens is 236 g/mol. The molecule has 1 aliphatic carbocycles. The molecule has 2 heteroatoms. The van der Waals surface area contributed by atoms with E-state index in [0.29, 0.717) is 5.92 Å². The number of benzene rings is 1. The largest absolute Gasteiger partial charge is 0.348 e. The molecule has 0 spiro atoms. The third kappa shape index (κ3) is 3.18. The van der Waals surface area contributed by atoms with Crippen LogP contribution in [0.3, 0.4) is 0 Å². The molecule has 2 aliphatic rings. The van der Waals surface area contributed by atoms with Crippen molar-refractivity contribution in [3.63, 3.8) is 0 Å². The van der Waals surface area contributed by atoms with Gasteiger partial charge in [0.25, 0.3) is 0 Å². The molecule has 0 aromatic heterocycles. The summed E-state index contributed by atoms with van der Waals surface area (Å²) >= 11 is 0. The maximum absolute atomic E-state index is 5.74. The first-order valence-electron chi connectivity index (χ1n) is 7.66. The molecule has 1 saturated heterocycles. The SMILES string of the molecule is CC1COC(c2ccc(C3CCCCC3)cc2)OC1. The lowest BCUT2D eigenvalue weighted by atomic mass is 9.84. The summed E-state index contributed by atoms with van der Waals surface area (Å²) in [6.07, 6.45) is 6.74. The number of rotatable bonds is 2. The lowest BCUT2D eigenvalue weighted by Crippen LogP contribution is -2.25. The number of hydrogen-bond acceptors (Lipinski definition) is 2. The standard InChI is InChI=1S/C17H24O2/c1-13-11-18-17(19-12-13)16-9-7-15(8-10-16)14-5-3-2-4-6-14/h7-10,13-14,17H,2-6,11-12H2,1H3. The second-order valence-corrected chi connectivity index (χ2v) is 6.11. The second-order valence-electron chi connectivity index (χ2n) is 6.11. The molecule has 0 atom stereocenters. The van der Waals surface area contributed by atoms with Gasteiger partial charge in [0.1, 0.15) is 0 Å². The van der Waals surface area contributed by atoms with Crippen LogP contribution in [-0.4, -0.2) is 13.2 Å². The Morgan fingerprint density at radius 3 is 2.05 bits per heavy atom. The fourth-order valence-electron chi connectivity index (χ4n) is 3.15. The van der Waals surface area contributed by atoms with E-state index < -0.39 is 0 Å². The maximum Gasteiger partial charge on any atom is 0.183 e. The molecule has 2 nitrogen and oxygen atoms in total. The molecule has 0 amide bonds. The summed E-state index contributed by atoms with van der Waals surface area (Å²) in [4.78, 5) is 0. The van der Waals surface area contributed by atoms with Gasteiger partial charge in [0.05, 0.1) is 13.2 Å². The van der Waals surface area contributed by atoms with Crippen LogP contribution in [0.5, 0.6) is 0 Å². The first kappa shape index (κ1) is 13.1. The Kier molecular flexibility index (Phi) is 4.19. The van der Waals surface area contributed by atoms with Crippen molar-refractivity contribution in [2.24, 2.45) is 5.92 Å². The molecule has 1 saturated carbocycles. The average Bonchev–Trinajstić information content (AvgIpc) is 2.49. The van der Waals surface area contributed by atoms with Crippen molar-refractivity contribution >= 4 is 0 Å². The molecular formula is C17H24O2. The van der Waals surface area contributed by atoms with Gasteiger partial charge in [-0.15, -0.1) is 0 Å². The number of hydrogen-bond donors (Lipinski definition) is 0. The molecule has 1 aliphatic heterocycles. The van der Waals surface area contributed by atoms with E-state index in [-0.39, 0.29) is 6.29 Å². The molecule has 3 rings (SSSR count). The second kappa shape index (κ2) is 6.06. The van der Waals surface area contributed by atoms with E-state index in [1.165, 1.54) is 37.7 Å². The zero-order chi connectivity index (χ0) is 13.1. The predicted octanol–water partition coefficient (Wildman–Crippen LogP) is 4.42. The fourth-order valence-corrected chi connectivity index (χ4v) is 3.15. The lowest BCUT2D eigenvalue weighted by molar-refractivity contribution is -0.202. The van der Waals surface area contributed by atoms with Crippen LogP contribution in [0.15, 0.2) is 24.3 Å². The minimum Gasteiger partial charge on any atom is -0.348 e. The van der Waals surface area contributed by atoms with Gasteiger partial charge in [0, 0.05) is 11.5 Å². The Balaban J connectivity index is 1.65. The zero-order valence-corrected chi connectivity index (χ0v) is 11.8. The van der Waals surface area contributed by atoms with Crippen LogP contribution in [-0.2, 0) is 9.47 Å². The van der Waals surface area contributed by atoms with Crippen LogP contribution in [0.25, 0.3) is 0 Å². The van der Waals surface area contributed by atoms with Crippen molar-refractivity contribution in [2.75, 3.05) is 13.2 Å². The summed E-state index contributed by atoms with van der Waals surface area (Å²) in [6.45, 7) is 3.76. The first-order chi connectivity index (χ1) is 9.33. The molecule has 104 valence electrons. The van der Waals surface area contributed by atoms with E-state index in [1.54, 1.807) is 0 Å². The van der Waals surface area contributed by atoms with Gasteiger partial charge >= 0.3 is 0 Å². The highest BCUT2D eigenvalue weighted by atomic mass is 16.7. The van der Waals surface area contributed by atoms with Crippen LogP contribution < -0.4 is 0 Å². The van der Waals surface area contributed by atoms with Crippen molar-refractivity contribution in [3.8, 4) is 0 Å². The Bertz CT molecular complexity index is 384. The summed E-state index contributed by atoms with van der Waals surface area (Å²) in [6, 6.07) is 8.92.